The van der Waals surface area contributed by atoms with E-state index in [4.69, 9.17) is 10.5 Å². The van der Waals surface area contributed by atoms with Gasteiger partial charge in [-0.25, -0.2) is 9.78 Å². The molecule has 0 saturated carbocycles. The summed E-state index contributed by atoms with van der Waals surface area (Å²) in [6.07, 6.45) is 2.67. The van der Waals surface area contributed by atoms with Gasteiger partial charge in [0, 0.05) is 5.75 Å². The first kappa shape index (κ1) is 13.8. The fourth-order valence-corrected chi connectivity index (χ4v) is 2.28. The Bertz CT molecular complexity index is 396. The van der Waals surface area contributed by atoms with E-state index in [1.165, 1.54) is 7.11 Å². The molecule has 2 N–H and O–H groups in total. The minimum absolute atomic E-state index is 0.392. The van der Waals surface area contributed by atoms with Crippen molar-refractivity contribution in [1.29, 1.82) is 0 Å². The number of rotatable bonds is 5. The van der Waals surface area contributed by atoms with E-state index >= 15 is 0 Å². The van der Waals surface area contributed by atoms with Crippen LogP contribution in [0.4, 0.5) is 5.69 Å². The van der Waals surface area contributed by atoms with Gasteiger partial charge in [0.1, 0.15) is 5.03 Å². The SMILES string of the molecule is CCC(C)CSc1ncc(N)cc1C(=O)OC. The van der Waals surface area contributed by atoms with Crippen molar-refractivity contribution in [3.63, 3.8) is 0 Å². The standard InChI is InChI=1S/C12H18N2O2S/c1-4-8(2)7-17-11-10(12(15)16-3)5-9(13)6-14-11/h5-6,8H,4,7,13H2,1-3H3. The zero-order valence-corrected chi connectivity index (χ0v) is 11.2. The van der Waals surface area contributed by atoms with Crippen LogP contribution >= 0.6 is 11.8 Å². The van der Waals surface area contributed by atoms with Gasteiger partial charge in [-0.1, -0.05) is 20.3 Å². The lowest BCUT2D eigenvalue weighted by Gasteiger charge is -2.10. The first-order valence-corrected chi connectivity index (χ1v) is 6.53. The Morgan fingerprint density at radius 3 is 2.94 bits per heavy atom. The number of nitrogens with zero attached hydrogens (tertiary/aromatic N) is 1. The van der Waals surface area contributed by atoms with Crippen molar-refractivity contribution in [3.8, 4) is 0 Å². The third-order valence-electron chi connectivity index (χ3n) is 2.48. The monoisotopic (exact) mass is 254 g/mol. The molecule has 0 aliphatic heterocycles. The van der Waals surface area contributed by atoms with Crippen LogP contribution in [0.5, 0.6) is 0 Å². The molecule has 0 saturated heterocycles. The average Bonchev–Trinajstić information content (AvgIpc) is 2.35. The Morgan fingerprint density at radius 1 is 1.65 bits per heavy atom. The molecule has 0 aliphatic rings. The summed E-state index contributed by atoms with van der Waals surface area (Å²) in [7, 11) is 1.36. The number of pyridine rings is 1. The lowest BCUT2D eigenvalue weighted by Crippen LogP contribution is -2.07. The van der Waals surface area contributed by atoms with Crippen LogP contribution in [0.25, 0.3) is 0 Å². The molecule has 0 aromatic carbocycles. The van der Waals surface area contributed by atoms with Crippen molar-refractivity contribution in [3.05, 3.63) is 17.8 Å². The summed E-state index contributed by atoms with van der Waals surface area (Å²) in [6, 6.07) is 1.61. The zero-order valence-electron chi connectivity index (χ0n) is 10.4. The Hall–Kier alpha value is -1.23. The fourth-order valence-electron chi connectivity index (χ4n) is 1.18. The summed E-state index contributed by atoms with van der Waals surface area (Å²) in [5, 5.41) is 0.686. The van der Waals surface area contributed by atoms with E-state index in [1.807, 2.05) is 0 Å². The highest BCUT2D eigenvalue weighted by Crippen LogP contribution is 2.25. The molecule has 1 aromatic rings. The third kappa shape index (κ3) is 3.93. The van der Waals surface area contributed by atoms with E-state index < -0.39 is 5.97 Å². The molecule has 4 nitrogen and oxygen atoms in total. The van der Waals surface area contributed by atoms with Gasteiger partial charge < -0.3 is 10.5 Å². The third-order valence-corrected chi connectivity index (χ3v) is 3.81. The largest absolute Gasteiger partial charge is 0.465 e. The number of nitrogens with two attached hydrogens (primary N) is 1. The van der Waals surface area contributed by atoms with Crippen molar-refractivity contribution in [1.82, 2.24) is 4.98 Å². The Balaban J connectivity index is 2.86. The van der Waals surface area contributed by atoms with E-state index in [9.17, 15) is 4.79 Å². The van der Waals surface area contributed by atoms with Crippen molar-refractivity contribution in [2.45, 2.75) is 25.3 Å². The van der Waals surface area contributed by atoms with E-state index in [2.05, 4.69) is 18.8 Å². The second-order valence-electron chi connectivity index (χ2n) is 3.94. The highest BCUT2D eigenvalue weighted by molar-refractivity contribution is 7.99. The van der Waals surface area contributed by atoms with Gasteiger partial charge in [-0.05, 0) is 12.0 Å². The first-order valence-electron chi connectivity index (χ1n) is 5.55. The van der Waals surface area contributed by atoms with Crippen LogP contribution in [-0.2, 0) is 4.74 Å². The molecule has 0 amide bonds. The number of hydrogen-bond donors (Lipinski definition) is 1. The second kappa shape index (κ2) is 6.49. The molecule has 0 radical (unpaired) electrons. The van der Waals surface area contributed by atoms with Crippen LogP contribution in [0.3, 0.4) is 0 Å². The number of carbonyl (C=O) groups is 1. The van der Waals surface area contributed by atoms with Crippen LogP contribution in [0.1, 0.15) is 30.6 Å². The van der Waals surface area contributed by atoms with Crippen LogP contribution in [0, 0.1) is 5.92 Å². The van der Waals surface area contributed by atoms with Crippen molar-refractivity contribution >= 4 is 23.4 Å². The van der Waals surface area contributed by atoms with Gasteiger partial charge in [-0.3, -0.25) is 0 Å². The fraction of sp³-hybridized carbons (Fsp3) is 0.500. The van der Waals surface area contributed by atoms with Crippen molar-refractivity contribution in [2.24, 2.45) is 5.92 Å². The first-order chi connectivity index (χ1) is 8.08. The molecule has 0 bridgehead atoms. The maximum absolute atomic E-state index is 11.6. The summed E-state index contributed by atoms with van der Waals surface area (Å²) in [5.74, 6) is 1.12. The normalized spacial score (nSPS) is 12.2. The molecular formula is C12H18N2O2S. The number of esters is 1. The highest BCUT2D eigenvalue weighted by atomic mass is 32.2. The zero-order chi connectivity index (χ0) is 12.8. The predicted octanol–water partition coefficient (Wildman–Crippen LogP) is 2.59. The topological polar surface area (TPSA) is 65.2 Å². The molecule has 1 heterocycles. The molecule has 1 aromatic heterocycles. The van der Waals surface area contributed by atoms with E-state index in [-0.39, 0.29) is 0 Å². The summed E-state index contributed by atoms with van der Waals surface area (Å²) >= 11 is 1.56. The van der Waals surface area contributed by atoms with Gasteiger partial charge in [0.05, 0.1) is 24.6 Å². The molecule has 0 aliphatic carbocycles. The lowest BCUT2D eigenvalue weighted by atomic mass is 10.2. The predicted molar refractivity (Wildman–Crippen MR) is 70.2 cm³/mol. The van der Waals surface area contributed by atoms with Crippen LogP contribution in [0.15, 0.2) is 17.3 Å². The molecule has 1 rings (SSSR count). The lowest BCUT2D eigenvalue weighted by molar-refractivity contribution is 0.0596. The molecule has 0 spiro atoms. The van der Waals surface area contributed by atoms with Gasteiger partial charge in [0.15, 0.2) is 0 Å². The molecule has 17 heavy (non-hydrogen) atoms. The highest BCUT2D eigenvalue weighted by Gasteiger charge is 2.14. The minimum Gasteiger partial charge on any atom is -0.465 e. The van der Waals surface area contributed by atoms with Crippen LogP contribution in [0.2, 0.25) is 0 Å². The Labute approximate surface area is 106 Å². The number of ether oxygens (including phenoxy) is 1. The second-order valence-corrected chi connectivity index (χ2v) is 4.95. The number of anilines is 1. The number of methoxy groups -OCH3 is 1. The average molecular weight is 254 g/mol. The van der Waals surface area contributed by atoms with Gasteiger partial charge in [0.2, 0.25) is 0 Å². The number of hydrogen-bond acceptors (Lipinski definition) is 5. The summed E-state index contributed by atoms with van der Waals surface area (Å²) < 4.78 is 4.72. The molecule has 1 unspecified atom stereocenters. The van der Waals surface area contributed by atoms with E-state index in [0.29, 0.717) is 22.2 Å². The molecule has 1 atom stereocenters. The van der Waals surface area contributed by atoms with Crippen LogP contribution in [-0.4, -0.2) is 23.8 Å². The molecule has 94 valence electrons. The summed E-state index contributed by atoms with van der Waals surface area (Å²) in [4.78, 5) is 15.8. The number of carbonyl (C=O) groups excluding carboxylic acids is 1. The smallest absolute Gasteiger partial charge is 0.340 e. The molecule has 0 fully saturated rings. The van der Waals surface area contributed by atoms with E-state index in [1.54, 1.807) is 24.0 Å². The molecular weight excluding hydrogens is 236 g/mol. The Kier molecular flexibility index (Phi) is 5.28. The Morgan fingerprint density at radius 2 is 2.35 bits per heavy atom. The van der Waals surface area contributed by atoms with Gasteiger partial charge >= 0.3 is 5.97 Å². The maximum Gasteiger partial charge on any atom is 0.340 e. The van der Waals surface area contributed by atoms with Crippen molar-refractivity contribution < 1.29 is 9.53 Å². The van der Waals surface area contributed by atoms with Gasteiger partial charge in [-0.15, -0.1) is 11.8 Å². The quantitative estimate of drug-likeness (QED) is 0.646. The molecule has 5 heteroatoms. The van der Waals surface area contributed by atoms with E-state index in [0.717, 1.165) is 12.2 Å². The van der Waals surface area contributed by atoms with Gasteiger partial charge in [0.25, 0.3) is 0 Å². The summed E-state index contributed by atoms with van der Waals surface area (Å²) in [5.41, 5.74) is 6.54. The number of nitrogen functional groups attached to an aromatic ring is 1. The minimum atomic E-state index is -0.392. The van der Waals surface area contributed by atoms with Crippen molar-refractivity contribution in [2.75, 3.05) is 18.6 Å². The maximum atomic E-state index is 11.6. The van der Waals surface area contributed by atoms with Gasteiger partial charge in [-0.2, -0.15) is 0 Å². The number of thioether (sulfide) groups is 1. The van der Waals surface area contributed by atoms with Crippen LogP contribution < -0.4 is 5.73 Å². The number of aromatic nitrogens is 1. The summed E-state index contributed by atoms with van der Waals surface area (Å²) in [6.45, 7) is 4.31.